The third-order valence-electron chi connectivity index (χ3n) is 2.82. The van der Waals surface area contributed by atoms with Gasteiger partial charge in [0.1, 0.15) is 6.04 Å². The van der Waals surface area contributed by atoms with E-state index in [0.717, 1.165) is 18.4 Å². The lowest BCUT2D eigenvalue weighted by atomic mass is 10.1. The molecule has 0 heterocycles. The standard InChI is InChI=1S/C14H18BrNO3/c1-3-4-5-12(14(18)19)16-13(17)10-7-6-9(2)8-11(10)15/h6-8,12H,3-5H2,1-2H3,(H,16,17)(H,18,19)/t12-/m0/s1. The Kier molecular flexibility index (Phi) is 6.02. The lowest BCUT2D eigenvalue weighted by Gasteiger charge is -2.14. The van der Waals surface area contributed by atoms with Gasteiger partial charge in [0.25, 0.3) is 5.91 Å². The number of aliphatic carboxylic acids is 1. The second kappa shape index (κ2) is 7.28. The average molecular weight is 328 g/mol. The van der Waals surface area contributed by atoms with Crippen LogP contribution in [0.15, 0.2) is 22.7 Å². The highest BCUT2D eigenvalue weighted by Crippen LogP contribution is 2.18. The maximum atomic E-state index is 12.1. The zero-order chi connectivity index (χ0) is 14.4. The number of aryl methyl sites for hydroxylation is 1. The molecule has 0 aliphatic heterocycles. The minimum absolute atomic E-state index is 0.365. The summed E-state index contributed by atoms with van der Waals surface area (Å²) in [6, 6.07) is 4.51. The van der Waals surface area contributed by atoms with Gasteiger partial charge in [0.2, 0.25) is 0 Å². The monoisotopic (exact) mass is 327 g/mol. The highest BCUT2D eigenvalue weighted by atomic mass is 79.9. The zero-order valence-electron chi connectivity index (χ0n) is 11.1. The Hall–Kier alpha value is -1.36. The number of benzene rings is 1. The quantitative estimate of drug-likeness (QED) is 0.843. The lowest BCUT2D eigenvalue weighted by molar-refractivity contribution is -0.139. The smallest absolute Gasteiger partial charge is 0.326 e. The maximum Gasteiger partial charge on any atom is 0.326 e. The highest BCUT2D eigenvalue weighted by molar-refractivity contribution is 9.10. The number of carboxylic acid groups (broad SMARTS) is 1. The van der Waals surface area contributed by atoms with Gasteiger partial charge >= 0.3 is 5.97 Å². The minimum Gasteiger partial charge on any atom is -0.480 e. The molecule has 4 nitrogen and oxygen atoms in total. The number of carboxylic acids is 1. The number of amides is 1. The molecule has 1 amide bonds. The number of hydrogen-bond acceptors (Lipinski definition) is 2. The molecule has 0 bridgehead atoms. The van der Waals surface area contributed by atoms with Gasteiger partial charge in [-0.25, -0.2) is 4.79 Å². The van der Waals surface area contributed by atoms with Crippen LogP contribution in [0, 0.1) is 6.92 Å². The van der Waals surface area contributed by atoms with Crippen molar-refractivity contribution in [3.8, 4) is 0 Å². The molecule has 0 fully saturated rings. The van der Waals surface area contributed by atoms with Crippen LogP contribution in [0.1, 0.15) is 42.1 Å². The van der Waals surface area contributed by atoms with Crippen LogP contribution < -0.4 is 5.32 Å². The molecule has 0 spiro atoms. The predicted octanol–water partition coefficient (Wildman–Crippen LogP) is 3.13. The maximum absolute atomic E-state index is 12.1. The molecule has 1 aromatic carbocycles. The fourth-order valence-electron chi connectivity index (χ4n) is 1.71. The molecule has 1 aromatic rings. The van der Waals surface area contributed by atoms with E-state index in [9.17, 15) is 9.59 Å². The largest absolute Gasteiger partial charge is 0.480 e. The first-order valence-electron chi connectivity index (χ1n) is 6.25. The van der Waals surface area contributed by atoms with E-state index in [0.29, 0.717) is 16.5 Å². The summed E-state index contributed by atoms with van der Waals surface area (Å²) in [6.45, 7) is 3.91. The summed E-state index contributed by atoms with van der Waals surface area (Å²) < 4.78 is 0.671. The average Bonchev–Trinajstić information content (AvgIpc) is 2.33. The van der Waals surface area contributed by atoms with Crippen molar-refractivity contribution in [3.63, 3.8) is 0 Å². The molecule has 0 saturated heterocycles. The lowest BCUT2D eigenvalue weighted by Crippen LogP contribution is -2.40. The van der Waals surface area contributed by atoms with Crippen LogP contribution in [0.4, 0.5) is 0 Å². The molecule has 5 heteroatoms. The number of halogens is 1. The number of carbonyl (C=O) groups is 2. The first kappa shape index (κ1) is 15.7. The molecule has 0 aliphatic carbocycles. The Morgan fingerprint density at radius 2 is 2.11 bits per heavy atom. The van der Waals surface area contributed by atoms with E-state index in [4.69, 9.17) is 5.11 Å². The van der Waals surface area contributed by atoms with E-state index in [1.54, 1.807) is 6.07 Å². The number of carbonyl (C=O) groups excluding carboxylic acids is 1. The summed E-state index contributed by atoms with van der Waals surface area (Å²) in [4.78, 5) is 23.1. The molecule has 1 atom stereocenters. The Morgan fingerprint density at radius 3 is 2.63 bits per heavy atom. The summed E-state index contributed by atoms with van der Waals surface area (Å²) in [6.07, 6.45) is 2.11. The second-order valence-corrected chi connectivity index (χ2v) is 5.34. The number of unbranched alkanes of at least 4 members (excludes halogenated alkanes) is 1. The van der Waals surface area contributed by atoms with Crippen LogP contribution in [-0.2, 0) is 4.79 Å². The molecular formula is C14H18BrNO3. The van der Waals surface area contributed by atoms with Crippen molar-refractivity contribution < 1.29 is 14.7 Å². The Bertz CT molecular complexity index is 474. The van der Waals surface area contributed by atoms with Crippen LogP contribution in [0.5, 0.6) is 0 Å². The molecule has 0 saturated carbocycles. The zero-order valence-corrected chi connectivity index (χ0v) is 12.7. The van der Waals surface area contributed by atoms with E-state index < -0.39 is 12.0 Å². The molecule has 2 N–H and O–H groups in total. The number of hydrogen-bond donors (Lipinski definition) is 2. The van der Waals surface area contributed by atoms with Gasteiger partial charge in [-0.1, -0.05) is 25.8 Å². The van der Waals surface area contributed by atoms with Crippen LogP contribution in [0.3, 0.4) is 0 Å². The van der Waals surface area contributed by atoms with E-state index in [1.807, 2.05) is 26.0 Å². The van der Waals surface area contributed by atoms with Crippen molar-refractivity contribution in [1.82, 2.24) is 5.32 Å². The number of nitrogens with one attached hydrogen (secondary N) is 1. The van der Waals surface area contributed by atoms with Gasteiger partial charge in [-0.2, -0.15) is 0 Å². The van der Waals surface area contributed by atoms with Crippen LogP contribution >= 0.6 is 15.9 Å². The molecule has 0 radical (unpaired) electrons. The molecular weight excluding hydrogens is 310 g/mol. The van der Waals surface area contributed by atoms with Crippen LogP contribution in [-0.4, -0.2) is 23.0 Å². The van der Waals surface area contributed by atoms with E-state index in [2.05, 4.69) is 21.2 Å². The molecule has 1 rings (SSSR count). The SMILES string of the molecule is CCCC[C@H](NC(=O)c1ccc(C)cc1Br)C(=O)O. The highest BCUT2D eigenvalue weighted by Gasteiger charge is 2.21. The topological polar surface area (TPSA) is 66.4 Å². The Morgan fingerprint density at radius 1 is 1.42 bits per heavy atom. The molecule has 0 unspecified atom stereocenters. The van der Waals surface area contributed by atoms with Crippen LogP contribution in [0.25, 0.3) is 0 Å². The Labute approximate surface area is 121 Å². The summed E-state index contributed by atoms with van der Waals surface area (Å²) in [5.74, 6) is -1.36. The minimum atomic E-state index is -0.995. The third kappa shape index (κ3) is 4.67. The van der Waals surface area contributed by atoms with Crippen molar-refractivity contribution in [2.24, 2.45) is 0 Å². The molecule has 0 aliphatic rings. The third-order valence-corrected chi connectivity index (χ3v) is 3.48. The number of rotatable bonds is 6. The summed E-state index contributed by atoms with van der Waals surface area (Å²) in [5, 5.41) is 11.6. The summed E-state index contributed by atoms with van der Waals surface area (Å²) >= 11 is 3.32. The molecule has 19 heavy (non-hydrogen) atoms. The van der Waals surface area contributed by atoms with E-state index >= 15 is 0 Å². The molecule has 0 aromatic heterocycles. The predicted molar refractivity (Wildman–Crippen MR) is 77.3 cm³/mol. The van der Waals surface area contributed by atoms with Crippen molar-refractivity contribution in [2.75, 3.05) is 0 Å². The van der Waals surface area contributed by atoms with Crippen molar-refractivity contribution in [3.05, 3.63) is 33.8 Å². The van der Waals surface area contributed by atoms with Gasteiger partial charge in [-0.05, 0) is 47.0 Å². The van der Waals surface area contributed by atoms with Crippen molar-refractivity contribution in [1.29, 1.82) is 0 Å². The van der Waals surface area contributed by atoms with Gasteiger partial charge < -0.3 is 10.4 Å². The van der Waals surface area contributed by atoms with Gasteiger partial charge in [0, 0.05) is 4.47 Å². The summed E-state index contributed by atoms with van der Waals surface area (Å²) in [7, 11) is 0. The van der Waals surface area contributed by atoms with Crippen molar-refractivity contribution >= 4 is 27.8 Å². The van der Waals surface area contributed by atoms with Crippen molar-refractivity contribution in [2.45, 2.75) is 39.2 Å². The first-order valence-corrected chi connectivity index (χ1v) is 7.04. The van der Waals surface area contributed by atoms with Gasteiger partial charge in [0.15, 0.2) is 0 Å². The van der Waals surface area contributed by atoms with Gasteiger partial charge in [0.05, 0.1) is 5.56 Å². The second-order valence-electron chi connectivity index (χ2n) is 4.49. The normalized spacial score (nSPS) is 11.9. The molecule has 104 valence electrons. The Balaban J connectivity index is 2.78. The van der Waals surface area contributed by atoms with E-state index in [-0.39, 0.29) is 5.91 Å². The van der Waals surface area contributed by atoms with Gasteiger partial charge in [-0.15, -0.1) is 0 Å². The van der Waals surface area contributed by atoms with E-state index in [1.165, 1.54) is 0 Å². The first-order chi connectivity index (χ1) is 8.95. The summed E-state index contributed by atoms with van der Waals surface area (Å²) in [5.41, 5.74) is 1.48. The van der Waals surface area contributed by atoms with Crippen LogP contribution in [0.2, 0.25) is 0 Å². The fraction of sp³-hybridized carbons (Fsp3) is 0.429. The van der Waals surface area contributed by atoms with Gasteiger partial charge in [-0.3, -0.25) is 4.79 Å². The fourth-order valence-corrected chi connectivity index (χ4v) is 2.38.